The van der Waals surface area contributed by atoms with Crippen molar-refractivity contribution in [2.45, 2.75) is 13.3 Å². The molecule has 0 saturated carbocycles. The number of hydrogen-bond acceptors (Lipinski definition) is 2. The van der Waals surface area contributed by atoms with Gasteiger partial charge in [-0.2, -0.15) is 0 Å². The van der Waals surface area contributed by atoms with Crippen molar-refractivity contribution in [3.8, 4) is 0 Å². The minimum atomic E-state index is 0.0163. The van der Waals surface area contributed by atoms with Crippen LogP contribution in [-0.4, -0.2) is 28.9 Å². The molecule has 2 N–H and O–H groups in total. The van der Waals surface area contributed by atoms with E-state index in [1.807, 2.05) is 19.1 Å². The fourth-order valence-corrected chi connectivity index (χ4v) is 1.73. The summed E-state index contributed by atoms with van der Waals surface area (Å²) in [5, 5.41) is 0.664. The Bertz CT molecular complexity index is 405. The van der Waals surface area contributed by atoms with E-state index < -0.39 is 0 Å². The van der Waals surface area contributed by atoms with E-state index in [0.717, 1.165) is 5.56 Å². The summed E-state index contributed by atoms with van der Waals surface area (Å²) >= 11 is 10.6. The average Bonchev–Trinajstić information content (AvgIpc) is 2.28. The second-order valence-corrected chi connectivity index (χ2v) is 4.64. The third kappa shape index (κ3) is 4.71. The zero-order valence-electron chi connectivity index (χ0n) is 9.65. The first kappa shape index (κ1) is 13.9. The fourth-order valence-electron chi connectivity index (χ4n) is 1.45. The van der Waals surface area contributed by atoms with Gasteiger partial charge in [0, 0.05) is 11.6 Å². The summed E-state index contributed by atoms with van der Waals surface area (Å²) in [6.07, 6.45) is 0.341. The van der Waals surface area contributed by atoms with Crippen LogP contribution in [0.2, 0.25) is 5.02 Å². The highest BCUT2D eigenvalue weighted by atomic mass is 35.5. The van der Waals surface area contributed by atoms with Crippen molar-refractivity contribution >= 4 is 34.7 Å². The lowest BCUT2D eigenvalue weighted by Gasteiger charge is -2.20. The molecule has 0 spiro atoms. The van der Waals surface area contributed by atoms with Crippen molar-refractivity contribution < 1.29 is 4.79 Å². The maximum Gasteiger partial charge on any atom is 0.227 e. The molecule has 92 valence electrons. The predicted octanol–water partition coefficient (Wildman–Crippen LogP) is 2.02. The third-order valence-electron chi connectivity index (χ3n) is 2.35. The molecule has 0 atom stereocenters. The van der Waals surface area contributed by atoms with Gasteiger partial charge >= 0.3 is 0 Å². The predicted molar refractivity (Wildman–Crippen MR) is 74.2 cm³/mol. The number of benzene rings is 1. The normalized spacial score (nSPS) is 10.0. The highest BCUT2D eigenvalue weighted by molar-refractivity contribution is 7.80. The summed E-state index contributed by atoms with van der Waals surface area (Å²) in [4.78, 5) is 13.9. The average molecular weight is 271 g/mol. The Kier molecular flexibility index (Phi) is 5.38. The number of likely N-dealkylation sites (N-methyl/N-ethyl adjacent to an activating group) is 1. The number of nitrogens with two attached hydrogens (primary N) is 1. The number of amides is 1. The minimum absolute atomic E-state index is 0.0163. The first-order valence-electron chi connectivity index (χ1n) is 5.33. The Hall–Kier alpha value is -1.13. The van der Waals surface area contributed by atoms with Gasteiger partial charge in [0.1, 0.15) is 0 Å². The van der Waals surface area contributed by atoms with Crippen molar-refractivity contribution in [1.82, 2.24) is 4.90 Å². The zero-order valence-corrected chi connectivity index (χ0v) is 11.2. The summed E-state index contributed by atoms with van der Waals surface area (Å²) < 4.78 is 0. The van der Waals surface area contributed by atoms with Crippen molar-refractivity contribution in [1.29, 1.82) is 0 Å². The SMILES string of the molecule is CCN(CC(N)=S)C(=O)Cc1ccc(Cl)cc1. The third-order valence-corrected chi connectivity index (χ3v) is 2.73. The van der Waals surface area contributed by atoms with E-state index in [9.17, 15) is 4.79 Å². The van der Waals surface area contributed by atoms with Crippen molar-refractivity contribution in [3.63, 3.8) is 0 Å². The van der Waals surface area contributed by atoms with Crippen LogP contribution in [-0.2, 0) is 11.2 Å². The van der Waals surface area contributed by atoms with Crippen LogP contribution < -0.4 is 5.73 Å². The molecule has 0 aliphatic heterocycles. The molecule has 1 amide bonds. The molecule has 0 saturated heterocycles. The van der Waals surface area contributed by atoms with E-state index in [1.165, 1.54) is 0 Å². The number of rotatable bonds is 5. The van der Waals surface area contributed by atoms with Gasteiger partial charge in [-0.1, -0.05) is 36.0 Å². The molecular weight excluding hydrogens is 256 g/mol. The van der Waals surface area contributed by atoms with Crippen molar-refractivity contribution in [3.05, 3.63) is 34.9 Å². The molecule has 1 aromatic rings. The molecule has 0 bridgehead atoms. The van der Waals surface area contributed by atoms with Crippen LogP contribution in [0.4, 0.5) is 0 Å². The smallest absolute Gasteiger partial charge is 0.227 e. The fraction of sp³-hybridized carbons (Fsp3) is 0.333. The van der Waals surface area contributed by atoms with Crippen molar-refractivity contribution in [2.75, 3.05) is 13.1 Å². The molecule has 0 aliphatic rings. The van der Waals surface area contributed by atoms with Gasteiger partial charge in [-0.15, -0.1) is 0 Å². The van der Waals surface area contributed by atoms with Crippen LogP contribution in [0.15, 0.2) is 24.3 Å². The van der Waals surface area contributed by atoms with E-state index in [4.69, 9.17) is 29.6 Å². The van der Waals surface area contributed by atoms with E-state index in [-0.39, 0.29) is 5.91 Å². The first-order valence-corrected chi connectivity index (χ1v) is 6.12. The van der Waals surface area contributed by atoms with Gasteiger partial charge in [-0.25, -0.2) is 0 Å². The van der Waals surface area contributed by atoms with E-state index in [0.29, 0.717) is 29.5 Å². The Morgan fingerprint density at radius 3 is 2.47 bits per heavy atom. The standard InChI is InChI=1S/C12H15ClN2OS/c1-2-15(8-11(14)17)12(16)7-9-3-5-10(13)6-4-9/h3-6H,2,7-8H2,1H3,(H2,14,17). The van der Waals surface area contributed by atoms with Crippen LogP contribution in [0, 0.1) is 0 Å². The molecule has 0 radical (unpaired) electrons. The number of halogens is 1. The number of carbonyl (C=O) groups excluding carboxylic acids is 1. The molecule has 1 rings (SSSR count). The quantitative estimate of drug-likeness (QED) is 0.833. The van der Waals surface area contributed by atoms with Crippen LogP contribution in [0.25, 0.3) is 0 Å². The summed E-state index contributed by atoms with van der Waals surface area (Å²) in [6.45, 7) is 2.83. The first-order chi connectivity index (χ1) is 8.02. The number of thiocarbonyl (C=S) groups is 1. The second-order valence-electron chi connectivity index (χ2n) is 3.68. The molecule has 0 aliphatic carbocycles. The van der Waals surface area contributed by atoms with Gasteiger partial charge in [0.25, 0.3) is 0 Å². The summed E-state index contributed by atoms with van der Waals surface area (Å²) in [5.74, 6) is 0.0163. The molecule has 0 aromatic heterocycles. The highest BCUT2D eigenvalue weighted by Gasteiger charge is 2.12. The lowest BCUT2D eigenvalue weighted by Crippen LogP contribution is -2.38. The maximum absolute atomic E-state index is 11.9. The summed E-state index contributed by atoms with van der Waals surface area (Å²) in [5.41, 5.74) is 6.37. The second kappa shape index (κ2) is 6.57. The van der Waals surface area contributed by atoms with Gasteiger partial charge in [0.05, 0.1) is 18.0 Å². The topological polar surface area (TPSA) is 46.3 Å². The molecule has 0 heterocycles. The Labute approximate surface area is 112 Å². The highest BCUT2D eigenvalue weighted by Crippen LogP contribution is 2.10. The lowest BCUT2D eigenvalue weighted by molar-refractivity contribution is -0.129. The largest absolute Gasteiger partial charge is 0.392 e. The van der Waals surface area contributed by atoms with Gasteiger partial charge in [0.15, 0.2) is 0 Å². The summed E-state index contributed by atoms with van der Waals surface area (Å²) in [6, 6.07) is 7.23. The molecule has 5 heteroatoms. The van der Waals surface area contributed by atoms with Crippen LogP contribution >= 0.6 is 23.8 Å². The molecule has 17 heavy (non-hydrogen) atoms. The Morgan fingerprint density at radius 1 is 1.41 bits per heavy atom. The van der Waals surface area contributed by atoms with Gasteiger partial charge in [-0.3, -0.25) is 4.79 Å². The lowest BCUT2D eigenvalue weighted by atomic mass is 10.1. The van der Waals surface area contributed by atoms with Crippen LogP contribution in [0.5, 0.6) is 0 Å². The minimum Gasteiger partial charge on any atom is -0.392 e. The zero-order chi connectivity index (χ0) is 12.8. The molecule has 0 fully saturated rings. The molecule has 0 unspecified atom stereocenters. The Balaban J connectivity index is 2.63. The van der Waals surface area contributed by atoms with E-state index >= 15 is 0 Å². The number of nitrogens with zero attached hydrogens (tertiary/aromatic N) is 1. The van der Waals surface area contributed by atoms with Crippen LogP contribution in [0.3, 0.4) is 0 Å². The number of carbonyl (C=O) groups is 1. The summed E-state index contributed by atoms with van der Waals surface area (Å²) in [7, 11) is 0. The Morgan fingerprint density at radius 2 is 2.00 bits per heavy atom. The molecule has 3 nitrogen and oxygen atoms in total. The molecule has 1 aromatic carbocycles. The van der Waals surface area contributed by atoms with Gasteiger partial charge in [0.2, 0.25) is 5.91 Å². The van der Waals surface area contributed by atoms with Gasteiger partial charge < -0.3 is 10.6 Å². The maximum atomic E-state index is 11.9. The number of hydrogen-bond donors (Lipinski definition) is 1. The van der Waals surface area contributed by atoms with Crippen LogP contribution in [0.1, 0.15) is 12.5 Å². The van der Waals surface area contributed by atoms with E-state index in [1.54, 1.807) is 17.0 Å². The van der Waals surface area contributed by atoms with Crippen molar-refractivity contribution in [2.24, 2.45) is 5.73 Å². The molecular formula is C12H15ClN2OS. The van der Waals surface area contributed by atoms with Gasteiger partial charge in [-0.05, 0) is 24.6 Å². The monoisotopic (exact) mass is 270 g/mol. The van der Waals surface area contributed by atoms with E-state index in [2.05, 4.69) is 0 Å².